The average molecular weight is 490 g/mol. The van der Waals surface area contributed by atoms with Gasteiger partial charge in [-0.25, -0.2) is 4.39 Å². The summed E-state index contributed by atoms with van der Waals surface area (Å²) in [4.78, 5) is 52.4. The summed E-state index contributed by atoms with van der Waals surface area (Å²) in [5, 5.41) is 4.22. The number of alkyl halides is 1. The fourth-order valence-electron chi connectivity index (χ4n) is 4.40. The minimum Gasteiger partial charge on any atom is -0.496 e. The first-order chi connectivity index (χ1) is 16.8. The van der Waals surface area contributed by atoms with E-state index in [1.165, 1.54) is 7.11 Å². The number of nitrogens with one attached hydrogen (secondary N) is 3. The molecule has 1 aromatic heterocycles. The molecule has 5 N–H and O–H groups in total. The Bertz CT molecular complexity index is 1070. The third-order valence-electron chi connectivity index (χ3n) is 6.25. The minimum atomic E-state index is -1.35. The van der Waals surface area contributed by atoms with Crippen molar-refractivity contribution in [3.05, 3.63) is 30.0 Å². The number of aromatic amines is 1. The average Bonchev–Trinajstić information content (AvgIpc) is 3.30. The molecule has 1 unspecified atom stereocenters. The number of nitrogens with two attached hydrogens (primary N) is 1. The standard InChI is InChI=1S/C24H32FN5O5/c1-35-20-9-5-8-17-16(20)13-19(27-17)23(33)28-18(12-15-6-3-2-4-7-15)24(34)29-30(22(32)14-25)11-10-21(26)31/h5,8-9,13,15,18,27H,2-4,6-7,10-12,14H2,1H3,(H2,26,31)(H,28,33)(H,29,34). The van der Waals surface area contributed by atoms with Crippen LogP contribution in [-0.2, 0) is 14.4 Å². The van der Waals surface area contributed by atoms with E-state index < -0.39 is 36.3 Å². The first-order valence-electron chi connectivity index (χ1n) is 11.7. The Balaban J connectivity index is 1.78. The van der Waals surface area contributed by atoms with Crippen molar-refractivity contribution in [1.29, 1.82) is 0 Å². The zero-order valence-corrected chi connectivity index (χ0v) is 19.8. The van der Waals surface area contributed by atoms with Gasteiger partial charge in [0.05, 0.1) is 13.7 Å². The largest absolute Gasteiger partial charge is 0.496 e. The summed E-state index contributed by atoms with van der Waals surface area (Å²) >= 11 is 0. The van der Waals surface area contributed by atoms with Crippen molar-refractivity contribution < 1.29 is 28.3 Å². The third kappa shape index (κ3) is 6.93. The van der Waals surface area contributed by atoms with E-state index >= 15 is 0 Å². The van der Waals surface area contributed by atoms with Crippen molar-refractivity contribution in [1.82, 2.24) is 20.7 Å². The van der Waals surface area contributed by atoms with Crippen LogP contribution in [0.1, 0.15) is 55.4 Å². The first-order valence-corrected chi connectivity index (χ1v) is 11.7. The van der Waals surface area contributed by atoms with E-state index in [0.29, 0.717) is 17.7 Å². The van der Waals surface area contributed by atoms with Crippen LogP contribution in [0.2, 0.25) is 0 Å². The lowest BCUT2D eigenvalue weighted by Gasteiger charge is -2.29. The number of benzene rings is 1. The fourth-order valence-corrected chi connectivity index (χ4v) is 4.40. The summed E-state index contributed by atoms with van der Waals surface area (Å²) < 4.78 is 18.4. The molecule has 0 spiro atoms. The van der Waals surface area contributed by atoms with Crippen LogP contribution < -0.4 is 21.2 Å². The van der Waals surface area contributed by atoms with Crippen molar-refractivity contribution in [3.63, 3.8) is 0 Å². The highest BCUT2D eigenvalue weighted by atomic mass is 19.1. The van der Waals surface area contributed by atoms with Gasteiger partial charge in [0.25, 0.3) is 17.7 Å². The van der Waals surface area contributed by atoms with Crippen LogP contribution in [0.3, 0.4) is 0 Å². The highest BCUT2D eigenvalue weighted by Crippen LogP contribution is 2.28. The van der Waals surface area contributed by atoms with E-state index in [9.17, 15) is 23.6 Å². The molecule has 4 amide bonds. The number of fused-ring (bicyclic) bond motifs is 1. The lowest BCUT2D eigenvalue weighted by Crippen LogP contribution is -2.55. The molecule has 1 aromatic carbocycles. The fraction of sp³-hybridized carbons (Fsp3) is 0.500. The number of halogens is 1. The Hall–Kier alpha value is -3.63. The quantitative estimate of drug-likeness (QED) is 0.377. The topological polar surface area (TPSA) is 147 Å². The maximum absolute atomic E-state index is 13.1. The summed E-state index contributed by atoms with van der Waals surface area (Å²) in [6, 6.07) is 6.05. The predicted octanol–water partition coefficient (Wildman–Crippen LogP) is 1.95. The molecule has 1 heterocycles. The molecule has 0 bridgehead atoms. The zero-order chi connectivity index (χ0) is 25.4. The Morgan fingerprint density at radius 2 is 1.97 bits per heavy atom. The summed E-state index contributed by atoms with van der Waals surface area (Å²) in [6.07, 6.45) is 5.19. The van der Waals surface area contributed by atoms with Crippen molar-refractivity contribution in [3.8, 4) is 5.75 Å². The number of ether oxygens (including phenoxy) is 1. The normalized spacial score (nSPS) is 14.8. The van der Waals surface area contributed by atoms with Crippen LogP contribution in [-0.4, -0.2) is 60.0 Å². The van der Waals surface area contributed by atoms with Gasteiger partial charge in [-0.15, -0.1) is 0 Å². The van der Waals surface area contributed by atoms with Gasteiger partial charge in [-0.2, -0.15) is 0 Å². The number of nitrogens with zero attached hydrogens (tertiary/aromatic N) is 1. The number of carbonyl (C=O) groups excluding carboxylic acids is 4. The highest BCUT2D eigenvalue weighted by Gasteiger charge is 2.29. The van der Waals surface area contributed by atoms with Crippen LogP contribution in [0, 0.1) is 5.92 Å². The molecule has 1 atom stereocenters. The Morgan fingerprint density at radius 1 is 1.23 bits per heavy atom. The Kier molecular flexibility index (Phi) is 9.04. The van der Waals surface area contributed by atoms with Gasteiger partial charge in [0.2, 0.25) is 5.91 Å². The summed E-state index contributed by atoms with van der Waals surface area (Å²) in [6.45, 7) is -1.62. The molecule has 1 fully saturated rings. The number of rotatable bonds is 10. The van der Waals surface area contributed by atoms with E-state index in [4.69, 9.17) is 10.5 Å². The number of aromatic nitrogens is 1. The Morgan fingerprint density at radius 3 is 2.63 bits per heavy atom. The maximum atomic E-state index is 13.1. The smallest absolute Gasteiger partial charge is 0.272 e. The van der Waals surface area contributed by atoms with E-state index in [0.717, 1.165) is 42.5 Å². The molecular formula is C24H32FN5O5. The van der Waals surface area contributed by atoms with Crippen LogP contribution >= 0.6 is 0 Å². The Labute approximate surface area is 202 Å². The van der Waals surface area contributed by atoms with E-state index in [1.54, 1.807) is 24.3 Å². The molecule has 11 heteroatoms. The molecule has 1 saturated carbocycles. The number of hydrogen-bond donors (Lipinski definition) is 4. The van der Waals surface area contributed by atoms with E-state index in [2.05, 4.69) is 15.7 Å². The lowest BCUT2D eigenvalue weighted by molar-refractivity contribution is -0.143. The predicted molar refractivity (Wildman–Crippen MR) is 127 cm³/mol. The second kappa shape index (κ2) is 12.2. The van der Waals surface area contributed by atoms with Gasteiger partial charge in [-0.3, -0.25) is 29.6 Å². The second-order valence-electron chi connectivity index (χ2n) is 8.74. The molecule has 1 aliphatic carbocycles. The number of H-pyrrole nitrogens is 1. The van der Waals surface area contributed by atoms with Gasteiger partial charge in [-0.1, -0.05) is 38.2 Å². The monoisotopic (exact) mass is 489 g/mol. The lowest BCUT2D eigenvalue weighted by atomic mass is 9.84. The van der Waals surface area contributed by atoms with Gasteiger partial charge < -0.3 is 20.8 Å². The highest BCUT2D eigenvalue weighted by molar-refractivity contribution is 6.01. The van der Waals surface area contributed by atoms with Crippen molar-refractivity contribution in [2.75, 3.05) is 20.3 Å². The molecule has 2 aromatic rings. The van der Waals surface area contributed by atoms with E-state index in [1.807, 2.05) is 0 Å². The maximum Gasteiger partial charge on any atom is 0.272 e. The van der Waals surface area contributed by atoms with Crippen molar-refractivity contribution >= 4 is 34.5 Å². The van der Waals surface area contributed by atoms with Crippen LogP contribution in [0.4, 0.5) is 4.39 Å². The molecule has 0 aliphatic heterocycles. The number of methoxy groups -OCH3 is 1. The van der Waals surface area contributed by atoms with Crippen LogP contribution in [0.15, 0.2) is 24.3 Å². The van der Waals surface area contributed by atoms with Crippen LogP contribution in [0.5, 0.6) is 5.75 Å². The van der Waals surface area contributed by atoms with E-state index in [-0.39, 0.29) is 24.6 Å². The van der Waals surface area contributed by atoms with Gasteiger partial charge >= 0.3 is 0 Å². The van der Waals surface area contributed by atoms with Gasteiger partial charge in [0.1, 0.15) is 17.5 Å². The minimum absolute atomic E-state index is 0.221. The molecule has 10 nitrogen and oxygen atoms in total. The second-order valence-corrected chi connectivity index (χ2v) is 8.74. The number of hydrazine groups is 1. The molecule has 0 radical (unpaired) electrons. The SMILES string of the molecule is COc1cccc2[nH]c(C(=O)NC(CC3CCCCC3)C(=O)NN(CCC(N)=O)C(=O)CF)cc12. The summed E-state index contributed by atoms with van der Waals surface area (Å²) in [5.74, 6) is -2.05. The van der Waals surface area contributed by atoms with Gasteiger partial charge in [0.15, 0.2) is 6.67 Å². The zero-order valence-electron chi connectivity index (χ0n) is 19.8. The molecular weight excluding hydrogens is 457 g/mol. The van der Waals surface area contributed by atoms with Crippen molar-refractivity contribution in [2.45, 2.75) is 51.0 Å². The number of hydrogen-bond acceptors (Lipinski definition) is 5. The summed E-state index contributed by atoms with van der Waals surface area (Å²) in [7, 11) is 1.54. The first kappa shape index (κ1) is 26.0. The molecule has 1 aliphatic rings. The number of primary amides is 1. The molecule has 190 valence electrons. The molecule has 3 rings (SSSR count). The van der Waals surface area contributed by atoms with Gasteiger partial charge in [0, 0.05) is 17.3 Å². The number of amides is 4. The molecule has 0 saturated heterocycles. The summed E-state index contributed by atoms with van der Waals surface area (Å²) in [5.41, 5.74) is 8.44. The third-order valence-corrected chi connectivity index (χ3v) is 6.25. The van der Waals surface area contributed by atoms with Crippen molar-refractivity contribution in [2.24, 2.45) is 11.7 Å². The van der Waals surface area contributed by atoms with Gasteiger partial charge in [-0.05, 0) is 30.5 Å². The number of carbonyl (C=O) groups is 4. The van der Waals surface area contributed by atoms with Crippen LogP contribution in [0.25, 0.3) is 10.9 Å². The molecule has 35 heavy (non-hydrogen) atoms.